The first kappa shape index (κ1) is 17.4. The van der Waals surface area contributed by atoms with Crippen LogP contribution in [0.2, 0.25) is 0 Å². The number of hydrogen-bond donors (Lipinski definition) is 2. The van der Waals surface area contributed by atoms with Gasteiger partial charge in [0.25, 0.3) is 0 Å². The summed E-state index contributed by atoms with van der Waals surface area (Å²) in [5.74, 6) is 0. The van der Waals surface area contributed by atoms with Gasteiger partial charge in [-0.05, 0) is 67.8 Å². The predicted molar refractivity (Wildman–Crippen MR) is 126 cm³/mol. The van der Waals surface area contributed by atoms with E-state index in [9.17, 15) is 0 Å². The molecule has 28 heavy (non-hydrogen) atoms. The molecule has 1 aromatic heterocycles. The van der Waals surface area contributed by atoms with E-state index in [-0.39, 0.29) is 21.8 Å². The molecule has 138 valence electrons. The van der Waals surface area contributed by atoms with E-state index in [0.717, 1.165) is 22.5 Å². The molecule has 0 atom stereocenters. The molecule has 0 bridgehead atoms. The number of nitrogens with zero attached hydrogens (tertiary/aromatic N) is 1. The molecule has 0 saturated carbocycles. The van der Waals surface area contributed by atoms with Gasteiger partial charge in [-0.3, -0.25) is 0 Å². The number of aromatic nitrogens is 1. The van der Waals surface area contributed by atoms with Crippen LogP contribution in [0, 0.1) is 0 Å². The number of thiol groups is 2. The van der Waals surface area contributed by atoms with Gasteiger partial charge in [0.15, 0.2) is 0 Å². The monoisotopic (exact) mass is 399 g/mol. The second-order valence-electron chi connectivity index (χ2n) is 6.68. The minimum Gasteiger partial charge on any atom is -0.248 e. The summed E-state index contributed by atoms with van der Waals surface area (Å²) >= 11 is 0. The lowest BCUT2D eigenvalue weighted by Gasteiger charge is -2.12. The van der Waals surface area contributed by atoms with Gasteiger partial charge in [-0.15, -0.1) is 0 Å². The largest absolute Gasteiger partial charge is 0.248 e. The fourth-order valence-electron chi connectivity index (χ4n) is 3.38. The van der Waals surface area contributed by atoms with Gasteiger partial charge in [-0.1, -0.05) is 54.6 Å². The molecule has 0 fully saturated rings. The molecule has 3 heterocycles. The van der Waals surface area contributed by atoms with Crippen LogP contribution < -0.4 is 0 Å². The Morgan fingerprint density at radius 2 is 0.857 bits per heavy atom. The van der Waals surface area contributed by atoms with E-state index < -0.39 is 0 Å². The molecule has 1 nitrogen and oxygen atoms in total. The van der Waals surface area contributed by atoms with E-state index in [1.165, 1.54) is 9.79 Å². The number of pyridine rings is 1. The number of allylic oxidation sites excluding steroid dienone is 4. The van der Waals surface area contributed by atoms with Crippen LogP contribution in [0.4, 0.5) is 0 Å². The molecule has 0 amide bonds. The van der Waals surface area contributed by atoms with Gasteiger partial charge in [0.2, 0.25) is 0 Å². The Labute approximate surface area is 171 Å². The van der Waals surface area contributed by atoms with Gasteiger partial charge in [-0.25, -0.2) is 4.98 Å². The summed E-state index contributed by atoms with van der Waals surface area (Å²) in [5, 5.41) is 9.13. The SMILES string of the molecule is C1=C[SH](c2ccc(-c3cccc(-c4ccc([SH]5C=CC=C5)cc4)n3)cc2)C=C1. The van der Waals surface area contributed by atoms with Crippen molar-refractivity contribution in [3.05, 3.63) is 113 Å². The highest BCUT2D eigenvalue weighted by Crippen LogP contribution is 2.43. The van der Waals surface area contributed by atoms with Crippen molar-refractivity contribution >= 4 is 21.8 Å². The lowest BCUT2D eigenvalue weighted by atomic mass is 10.1. The maximum Gasteiger partial charge on any atom is 0.0709 e. The first-order valence-electron chi connectivity index (χ1n) is 9.31. The number of rotatable bonds is 4. The Balaban J connectivity index is 1.40. The Kier molecular flexibility index (Phi) is 4.78. The number of benzene rings is 2. The summed E-state index contributed by atoms with van der Waals surface area (Å²) in [6.45, 7) is 0. The van der Waals surface area contributed by atoms with Crippen LogP contribution in [0.1, 0.15) is 0 Å². The summed E-state index contributed by atoms with van der Waals surface area (Å²) in [5.41, 5.74) is 4.36. The zero-order chi connectivity index (χ0) is 18.8. The van der Waals surface area contributed by atoms with E-state index in [1.54, 1.807) is 0 Å². The van der Waals surface area contributed by atoms with Crippen LogP contribution in [-0.2, 0) is 0 Å². The average Bonchev–Trinajstić information content (AvgIpc) is 3.49. The topological polar surface area (TPSA) is 12.9 Å². The molecular weight excluding hydrogens is 378 g/mol. The van der Waals surface area contributed by atoms with Crippen LogP contribution in [0.15, 0.2) is 122 Å². The van der Waals surface area contributed by atoms with Crippen molar-refractivity contribution < 1.29 is 0 Å². The summed E-state index contributed by atoms with van der Waals surface area (Å²) < 4.78 is 0. The third-order valence-electron chi connectivity index (χ3n) is 4.88. The summed E-state index contributed by atoms with van der Waals surface area (Å²) in [6.07, 6.45) is 8.54. The van der Waals surface area contributed by atoms with Gasteiger partial charge >= 0.3 is 0 Å². The third-order valence-corrected chi connectivity index (χ3v) is 8.64. The van der Waals surface area contributed by atoms with Crippen LogP contribution in [0.3, 0.4) is 0 Å². The quantitative estimate of drug-likeness (QED) is 0.442. The molecule has 2 aromatic carbocycles. The van der Waals surface area contributed by atoms with Crippen molar-refractivity contribution in [3.63, 3.8) is 0 Å². The van der Waals surface area contributed by atoms with Crippen molar-refractivity contribution in [3.8, 4) is 22.5 Å². The fraction of sp³-hybridized carbons (Fsp3) is 0. The molecule has 3 heteroatoms. The minimum absolute atomic E-state index is 0.261. The summed E-state index contributed by atoms with van der Waals surface area (Å²) in [7, 11) is -0.522. The Morgan fingerprint density at radius 1 is 0.464 bits per heavy atom. The fourth-order valence-corrected chi connectivity index (χ4v) is 6.39. The first-order valence-corrected chi connectivity index (χ1v) is 12.3. The molecule has 0 spiro atoms. The lowest BCUT2D eigenvalue weighted by Crippen LogP contribution is -1.88. The van der Waals surface area contributed by atoms with Crippen molar-refractivity contribution in [2.24, 2.45) is 0 Å². The molecule has 0 saturated heterocycles. The van der Waals surface area contributed by atoms with Gasteiger partial charge in [0.05, 0.1) is 11.4 Å². The summed E-state index contributed by atoms with van der Waals surface area (Å²) in [6, 6.07) is 24.0. The zero-order valence-corrected chi connectivity index (χ0v) is 17.1. The predicted octanol–water partition coefficient (Wildman–Crippen LogP) is 7.22. The second kappa shape index (κ2) is 7.70. The maximum atomic E-state index is 4.92. The van der Waals surface area contributed by atoms with Crippen molar-refractivity contribution in [2.75, 3.05) is 0 Å². The van der Waals surface area contributed by atoms with E-state index in [0.29, 0.717) is 0 Å². The van der Waals surface area contributed by atoms with Gasteiger partial charge in [0, 0.05) is 11.1 Å². The molecule has 3 aromatic rings. The molecule has 2 aliphatic rings. The second-order valence-corrected chi connectivity index (χ2v) is 10.5. The first-order chi connectivity index (χ1) is 13.9. The minimum atomic E-state index is -0.261. The van der Waals surface area contributed by atoms with E-state index in [2.05, 4.69) is 113 Å². The zero-order valence-electron chi connectivity index (χ0n) is 15.3. The maximum absolute atomic E-state index is 4.92. The molecule has 2 aliphatic heterocycles. The van der Waals surface area contributed by atoms with E-state index in [4.69, 9.17) is 4.98 Å². The lowest BCUT2D eigenvalue weighted by molar-refractivity contribution is 1.31. The van der Waals surface area contributed by atoms with Crippen LogP contribution >= 0.6 is 21.8 Å². The highest BCUT2D eigenvalue weighted by Gasteiger charge is 2.08. The van der Waals surface area contributed by atoms with Crippen LogP contribution in [0.5, 0.6) is 0 Å². The normalized spacial score (nSPS) is 17.0. The van der Waals surface area contributed by atoms with Crippen molar-refractivity contribution in [1.82, 2.24) is 4.98 Å². The van der Waals surface area contributed by atoms with Crippen molar-refractivity contribution in [1.29, 1.82) is 0 Å². The van der Waals surface area contributed by atoms with Gasteiger partial charge < -0.3 is 0 Å². The molecule has 0 radical (unpaired) electrons. The van der Waals surface area contributed by atoms with Crippen LogP contribution in [0.25, 0.3) is 22.5 Å². The van der Waals surface area contributed by atoms with Crippen LogP contribution in [-0.4, -0.2) is 4.98 Å². The van der Waals surface area contributed by atoms with Gasteiger partial charge in [0.1, 0.15) is 0 Å². The molecule has 5 rings (SSSR count). The van der Waals surface area contributed by atoms with Gasteiger partial charge in [-0.2, -0.15) is 21.8 Å². The number of hydrogen-bond acceptors (Lipinski definition) is 1. The summed E-state index contributed by atoms with van der Waals surface area (Å²) in [4.78, 5) is 7.69. The molecular formula is C25H21NS2. The highest BCUT2D eigenvalue weighted by molar-refractivity contribution is 8.22. The highest BCUT2D eigenvalue weighted by atomic mass is 32.2. The third kappa shape index (κ3) is 3.51. The Hall–Kier alpha value is -2.75. The van der Waals surface area contributed by atoms with Crippen molar-refractivity contribution in [2.45, 2.75) is 9.79 Å². The Morgan fingerprint density at radius 3 is 1.25 bits per heavy atom. The molecule has 0 aliphatic carbocycles. The standard InChI is InChI=1S/C25H21NS2/c1-2-17-27(16-1)22-12-8-20(9-13-22)24-6-5-7-25(26-24)21-10-14-23(15-11-21)28-18-3-4-19-28/h1-19,27-28H. The Bertz CT molecular complexity index is 995. The average molecular weight is 400 g/mol. The van der Waals surface area contributed by atoms with E-state index >= 15 is 0 Å². The van der Waals surface area contributed by atoms with E-state index in [1.807, 2.05) is 0 Å². The smallest absolute Gasteiger partial charge is 0.0709 e. The molecule has 0 unspecified atom stereocenters. The molecule has 0 N–H and O–H groups in total.